The number of rotatable bonds is 9. The van der Waals surface area contributed by atoms with Gasteiger partial charge in [-0.1, -0.05) is 60.7 Å². The maximum atomic E-state index is 12.6. The summed E-state index contributed by atoms with van der Waals surface area (Å²) in [5.74, 6) is -0.310. The van der Waals surface area contributed by atoms with Crippen molar-refractivity contribution in [2.24, 2.45) is 0 Å². The van der Waals surface area contributed by atoms with Crippen LogP contribution in [0.5, 0.6) is 0 Å². The topological polar surface area (TPSA) is 70.2 Å². The summed E-state index contributed by atoms with van der Waals surface area (Å²) in [4.78, 5) is 24.6. The zero-order chi connectivity index (χ0) is 17.9. The first kappa shape index (κ1) is 18.7. The molecule has 0 radical (unpaired) electrons. The van der Waals surface area contributed by atoms with Gasteiger partial charge in [-0.15, -0.1) is 0 Å². The van der Waals surface area contributed by atoms with Crippen molar-refractivity contribution in [3.05, 3.63) is 71.8 Å². The molecule has 1 unspecified atom stereocenters. The fourth-order valence-electron chi connectivity index (χ4n) is 2.47. The predicted molar refractivity (Wildman–Crippen MR) is 98.9 cm³/mol. The van der Waals surface area contributed by atoms with E-state index >= 15 is 0 Å². The maximum absolute atomic E-state index is 12.6. The van der Waals surface area contributed by atoms with Crippen molar-refractivity contribution >= 4 is 11.8 Å². The molecule has 5 heteroatoms. The average Bonchev–Trinajstić information content (AvgIpc) is 2.65. The van der Waals surface area contributed by atoms with Crippen molar-refractivity contribution in [2.45, 2.75) is 25.4 Å². The standard InChI is InChI=1S/C20H25N3O2/c1-21-13-12-19(24)23-18(14-16-8-4-2-5-9-16)20(25)22-15-17-10-6-3-7-11-17/h2-11,18,21H,12-15H2,1H3,(H,22,25)(H,23,24). The van der Waals surface area contributed by atoms with Crippen LogP contribution in [0.2, 0.25) is 0 Å². The number of benzene rings is 2. The third kappa shape index (κ3) is 6.77. The van der Waals surface area contributed by atoms with Gasteiger partial charge in [0.05, 0.1) is 0 Å². The van der Waals surface area contributed by atoms with E-state index in [0.29, 0.717) is 25.9 Å². The summed E-state index contributed by atoms with van der Waals surface area (Å²) < 4.78 is 0. The van der Waals surface area contributed by atoms with Crippen LogP contribution in [0.4, 0.5) is 0 Å². The minimum atomic E-state index is -0.588. The minimum Gasteiger partial charge on any atom is -0.350 e. The lowest BCUT2D eigenvalue weighted by Gasteiger charge is -2.19. The zero-order valence-corrected chi connectivity index (χ0v) is 14.5. The molecule has 5 nitrogen and oxygen atoms in total. The van der Waals surface area contributed by atoms with E-state index in [1.807, 2.05) is 60.7 Å². The maximum Gasteiger partial charge on any atom is 0.243 e. The van der Waals surface area contributed by atoms with Crippen LogP contribution < -0.4 is 16.0 Å². The van der Waals surface area contributed by atoms with Crippen molar-refractivity contribution in [1.29, 1.82) is 0 Å². The van der Waals surface area contributed by atoms with Crippen LogP contribution in [0, 0.1) is 0 Å². The van der Waals surface area contributed by atoms with Gasteiger partial charge in [0.2, 0.25) is 11.8 Å². The molecule has 0 aromatic heterocycles. The summed E-state index contributed by atoms with van der Waals surface area (Å²) >= 11 is 0. The van der Waals surface area contributed by atoms with Crippen LogP contribution in [-0.4, -0.2) is 31.4 Å². The minimum absolute atomic E-state index is 0.134. The molecule has 2 aromatic rings. The van der Waals surface area contributed by atoms with Gasteiger partial charge in [0.1, 0.15) is 6.04 Å². The Hall–Kier alpha value is -2.66. The molecule has 0 heterocycles. The summed E-state index contributed by atoms with van der Waals surface area (Å²) in [6.45, 7) is 1.02. The number of amides is 2. The Morgan fingerprint density at radius 1 is 0.920 bits per heavy atom. The molecule has 0 saturated carbocycles. The van der Waals surface area contributed by atoms with Crippen LogP contribution in [0.1, 0.15) is 17.5 Å². The number of hydrogen-bond donors (Lipinski definition) is 3. The zero-order valence-electron chi connectivity index (χ0n) is 14.5. The highest BCUT2D eigenvalue weighted by Gasteiger charge is 2.20. The first-order valence-corrected chi connectivity index (χ1v) is 8.48. The highest BCUT2D eigenvalue weighted by Crippen LogP contribution is 2.05. The van der Waals surface area contributed by atoms with Crippen LogP contribution in [0.25, 0.3) is 0 Å². The molecule has 0 aliphatic heterocycles. The van der Waals surface area contributed by atoms with Crippen molar-refractivity contribution in [2.75, 3.05) is 13.6 Å². The second-order valence-electron chi connectivity index (χ2n) is 5.87. The molecule has 0 bridgehead atoms. The summed E-state index contributed by atoms with van der Waals surface area (Å²) in [5, 5.41) is 8.69. The third-order valence-electron chi connectivity index (χ3n) is 3.85. The van der Waals surface area contributed by atoms with Crippen LogP contribution in [0.15, 0.2) is 60.7 Å². The Morgan fingerprint density at radius 2 is 1.52 bits per heavy atom. The molecule has 132 valence electrons. The lowest BCUT2D eigenvalue weighted by atomic mass is 10.0. The van der Waals surface area contributed by atoms with E-state index in [2.05, 4.69) is 16.0 Å². The number of nitrogens with one attached hydrogen (secondary N) is 3. The van der Waals surface area contributed by atoms with E-state index in [4.69, 9.17) is 0 Å². The van der Waals surface area contributed by atoms with E-state index in [1.54, 1.807) is 7.05 Å². The van der Waals surface area contributed by atoms with Crippen LogP contribution in [-0.2, 0) is 22.6 Å². The largest absolute Gasteiger partial charge is 0.350 e. The molecular formula is C20H25N3O2. The summed E-state index contributed by atoms with van der Waals surface area (Å²) in [6.07, 6.45) is 0.806. The molecule has 2 aromatic carbocycles. The second-order valence-corrected chi connectivity index (χ2v) is 5.87. The van der Waals surface area contributed by atoms with E-state index in [-0.39, 0.29) is 11.8 Å². The lowest BCUT2D eigenvalue weighted by Crippen LogP contribution is -2.48. The third-order valence-corrected chi connectivity index (χ3v) is 3.85. The van der Waals surface area contributed by atoms with Crippen molar-refractivity contribution in [3.63, 3.8) is 0 Å². The Bertz CT molecular complexity index is 659. The van der Waals surface area contributed by atoms with Crippen molar-refractivity contribution in [3.8, 4) is 0 Å². The lowest BCUT2D eigenvalue weighted by molar-refractivity contribution is -0.129. The SMILES string of the molecule is CNCCC(=O)NC(Cc1ccccc1)C(=O)NCc1ccccc1. The highest BCUT2D eigenvalue weighted by molar-refractivity contribution is 5.87. The van der Waals surface area contributed by atoms with Gasteiger partial charge in [0.15, 0.2) is 0 Å². The molecule has 0 spiro atoms. The van der Waals surface area contributed by atoms with Crippen LogP contribution >= 0.6 is 0 Å². The van der Waals surface area contributed by atoms with E-state index < -0.39 is 6.04 Å². The van der Waals surface area contributed by atoms with E-state index in [9.17, 15) is 9.59 Å². The van der Waals surface area contributed by atoms with Gasteiger partial charge >= 0.3 is 0 Å². The fourth-order valence-corrected chi connectivity index (χ4v) is 2.47. The Kier molecular flexibility index (Phi) is 7.66. The fraction of sp³-hybridized carbons (Fsp3) is 0.300. The molecule has 2 amide bonds. The average molecular weight is 339 g/mol. The smallest absolute Gasteiger partial charge is 0.243 e. The Labute approximate surface area is 148 Å². The molecule has 2 rings (SSSR count). The van der Waals surface area contributed by atoms with Crippen molar-refractivity contribution < 1.29 is 9.59 Å². The number of carbonyl (C=O) groups is 2. The summed E-state index contributed by atoms with van der Waals surface area (Å²) in [5.41, 5.74) is 2.03. The Balaban J connectivity index is 1.98. The van der Waals surface area contributed by atoms with Gasteiger partial charge in [-0.2, -0.15) is 0 Å². The first-order chi connectivity index (χ1) is 12.2. The molecule has 0 aliphatic carbocycles. The summed E-state index contributed by atoms with van der Waals surface area (Å²) in [6, 6.07) is 18.8. The monoisotopic (exact) mass is 339 g/mol. The second kappa shape index (κ2) is 10.3. The molecule has 1 atom stereocenters. The van der Waals surface area contributed by atoms with Gasteiger partial charge in [-0.05, 0) is 18.2 Å². The van der Waals surface area contributed by atoms with Crippen LogP contribution in [0.3, 0.4) is 0 Å². The predicted octanol–water partition coefficient (Wildman–Crippen LogP) is 1.64. The van der Waals surface area contributed by atoms with Gasteiger partial charge < -0.3 is 16.0 Å². The molecule has 0 aliphatic rings. The first-order valence-electron chi connectivity index (χ1n) is 8.48. The Morgan fingerprint density at radius 3 is 2.12 bits per heavy atom. The van der Waals surface area contributed by atoms with Gasteiger partial charge in [-0.25, -0.2) is 0 Å². The quantitative estimate of drug-likeness (QED) is 0.650. The molecular weight excluding hydrogens is 314 g/mol. The number of carbonyl (C=O) groups excluding carboxylic acids is 2. The normalized spacial score (nSPS) is 11.6. The van der Waals surface area contributed by atoms with E-state index in [1.165, 1.54) is 0 Å². The van der Waals surface area contributed by atoms with E-state index in [0.717, 1.165) is 11.1 Å². The molecule has 0 saturated heterocycles. The number of hydrogen-bond acceptors (Lipinski definition) is 3. The summed E-state index contributed by atoms with van der Waals surface area (Å²) in [7, 11) is 1.79. The molecule has 3 N–H and O–H groups in total. The van der Waals surface area contributed by atoms with Gasteiger partial charge in [0.25, 0.3) is 0 Å². The van der Waals surface area contributed by atoms with Gasteiger partial charge in [0, 0.05) is 25.9 Å². The van der Waals surface area contributed by atoms with Crippen molar-refractivity contribution in [1.82, 2.24) is 16.0 Å². The molecule has 0 fully saturated rings. The highest BCUT2D eigenvalue weighted by atomic mass is 16.2. The molecule has 25 heavy (non-hydrogen) atoms. The van der Waals surface area contributed by atoms with Gasteiger partial charge in [-0.3, -0.25) is 9.59 Å².